The fourth-order valence-electron chi connectivity index (χ4n) is 11.1. The number of amides is 3. The van der Waals surface area contributed by atoms with Crippen molar-refractivity contribution in [2.75, 3.05) is 28.4 Å². The summed E-state index contributed by atoms with van der Waals surface area (Å²) in [6.45, 7) is 6.46. The number of carbonyl (C=O) groups is 3. The van der Waals surface area contributed by atoms with Gasteiger partial charge in [-0.05, 0) is 114 Å². The van der Waals surface area contributed by atoms with Crippen LogP contribution in [0.25, 0.3) is 0 Å². The van der Waals surface area contributed by atoms with Crippen LogP contribution in [0.1, 0.15) is 64.6 Å². The predicted octanol–water partition coefficient (Wildman–Crippen LogP) is 11.6. The fourth-order valence-corrected chi connectivity index (χ4v) is 11.1. The number of ether oxygens (including phenoxy) is 4. The van der Waals surface area contributed by atoms with Gasteiger partial charge in [0.2, 0.25) is 0 Å². The second-order valence-electron chi connectivity index (χ2n) is 18.3. The van der Waals surface area contributed by atoms with Gasteiger partial charge in [0.1, 0.15) is 17.2 Å². The zero-order valence-corrected chi connectivity index (χ0v) is 38.1. The maximum Gasteiger partial charge on any atom is 0.266 e. The third kappa shape index (κ3) is 6.67. The molecule has 7 aromatic carbocycles. The van der Waals surface area contributed by atoms with Crippen LogP contribution in [0.4, 0.5) is 28.4 Å². The van der Waals surface area contributed by atoms with E-state index in [1.54, 1.807) is 46.1 Å². The van der Waals surface area contributed by atoms with Crippen LogP contribution in [0.2, 0.25) is 0 Å². The number of aliphatic hydroxyl groups is 1. The second-order valence-corrected chi connectivity index (χ2v) is 18.3. The van der Waals surface area contributed by atoms with Gasteiger partial charge in [-0.3, -0.25) is 24.2 Å². The average molecular weight is 904 g/mol. The number of hydrogen-bond acceptors (Lipinski definition) is 8. The normalized spacial score (nSPS) is 20.4. The molecule has 11 rings (SSSR count). The Hall–Kier alpha value is -7.73. The van der Waals surface area contributed by atoms with Crippen molar-refractivity contribution in [1.82, 2.24) is 0 Å². The first kappa shape index (κ1) is 42.9. The van der Waals surface area contributed by atoms with E-state index in [0.717, 1.165) is 16.9 Å². The van der Waals surface area contributed by atoms with Crippen molar-refractivity contribution in [3.63, 3.8) is 0 Å². The zero-order chi connectivity index (χ0) is 46.9. The lowest BCUT2D eigenvalue weighted by molar-refractivity contribution is -0.146. The van der Waals surface area contributed by atoms with Gasteiger partial charge in [0.25, 0.3) is 17.7 Å². The first-order valence-electron chi connectivity index (χ1n) is 22.9. The van der Waals surface area contributed by atoms with Gasteiger partial charge in [0.05, 0.1) is 47.9 Å². The van der Waals surface area contributed by atoms with E-state index in [9.17, 15) is 14.7 Å². The number of para-hydroxylation sites is 6. The minimum atomic E-state index is -1.50. The van der Waals surface area contributed by atoms with Crippen molar-refractivity contribution in [2.45, 2.75) is 50.9 Å². The summed E-state index contributed by atoms with van der Waals surface area (Å²) in [7, 11) is 1.64. The van der Waals surface area contributed by atoms with Crippen molar-refractivity contribution in [1.29, 1.82) is 0 Å². The van der Waals surface area contributed by atoms with Gasteiger partial charge >= 0.3 is 0 Å². The molecule has 0 saturated carbocycles. The van der Waals surface area contributed by atoms with Crippen LogP contribution in [0.5, 0.6) is 28.7 Å². The van der Waals surface area contributed by atoms with Crippen LogP contribution in [0.3, 0.4) is 0 Å². The maximum atomic E-state index is 15.8. The molecule has 340 valence electrons. The van der Waals surface area contributed by atoms with E-state index in [1.165, 1.54) is 0 Å². The van der Waals surface area contributed by atoms with E-state index in [4.69, 9.17) is 18.9 Å². The molecule has 3 amide bonds. The van der Waals surface area contributed by atoms with Gasteiger partial charge in [0, 0.05) is 35.4 Å². The Bertz CT molecular complexity index is 3130. The molecule has 4 aliphatic rings. The molecule has 0 radical (unpaired) electrons. The lowest BCUT2D eigenvalue weighted by Gasteiger charge is -2.38. The fraction of sp³-hybridized carbons (Fsp3) is 0.211. The highest BCUT2D eigenvalue weighted by atomic mass is 16.5. The van der Waals surface area contributed by atoms with Crippen LogP contribution < -0.4 is 28.9 Å². The first-order valence-corrected chi connectivity index (χ1v) is 22.9. The number of benzene rings is 7. The zero-order valence-electron chi connectivity index (χ0n) is 38.1. The lowest BCUT2D eigenvalue weighted by Crippen LogP contribution is -2.45. The Morgan fingerprint density at radius 3 is 1.74 bits per heavy atom. The monoisotopic (exact) mass is 903 g/mol. The van der Waals surface area contributed by atoms with E-state index in [0.29, 0.717) is 74.5 Å². The quantitative estimate of drug-likeness (QED) is 0.152. The van der Waals surface area contributed by atoms with E-state index in [1.807, 2.05) is 127 Å². The van der Waals surface area contributed by atoms with Gasteiger partial charge in [0.15, 0.2) is 17.1 Å². The van der Waals surface area contributed by atoms with Gasteiger partial charge in [-0.2, -0.15) is 0 Å². The molecule has 4 atom stereocenters. The molecule has 1 N–H and O–H groups in total. The Labute approximate surface area is 394 Å². The van der Waals surface area contributed by atoms with E-state index >= 15 is 4.79 Å². The van der Waals surface area contributed by atoms with E-state index < -0.39 is 23.0 Å². The largest absolute Gasteiger partial charge is 0.497 e. The number of methoxy groups -OCH3 is 1. The second kappa shape index (κ2) is 16.6. The Balaban J connectivity index is 1.02. The number of carbonyl (C=O) groups excluding carboxylic acids is 3. The molecule has 1 saturated heterocycles. The summed E-state index contributed by atoms with van der Waals surface area (Å²) in [6.07, 6.45) is -0.212. The number of aliphatic hydroxyl groups excluding tert-OH is 1. The molecular formula is C57H49N3O8. The minimum absolute atomic E-state index is 0.139. The summed E-state index contributed by atoms with van der Waals surface area (Å²) in [5, 5.41) is 10.6. The van der Waals surface area contributed by atoms with Crippen molar-refractivity contribution in [3.05, 3.63) is 192 Å². The lowest BCUT2D eigenvalue weighted by atomic mass is 9.63. The number of hydrogen-bond donors (Lipinski definition) is 1. The average Bonchev–Trinajstić information content (AvgIpc) is 3.67. The highest BCUT2D eigenvalue weighted by molar-refractivity contribution is 6.16. The highest BCUT2D eigenvalue weighted by Crippen LogP contribution is 2.61. The molecule has 0 aliphatic carbocycles. The third-order valence-corrected chi connectivity index (χ3v) is 14.3. The summed E-state index contributed by atoms with van der Waals surface area (Å²) >= 11 is 0. The first-order chi connectivity index (χ1) is 33.0. The predicted molar refractivity (Wildman–Crippen MR) is 260 cm³/mol. The molecule has 0 unspecified atom stereocenters. The minimum Gasteiger partial charge on any atom is -0.497 e. The summed E-state index contributed by atoms with van der Waals surface area (Å²) in [6, 6.07) is 50.6. The van der Waals surface area contributed by atoms with Crippen molar-refractivity contribution < 1.29 is 38.4 Å². The van der Waals surface area contributed by atoms with E-state index in [-0.39, 0.29) is 36.8 Å². The molecule has 11 nitrogen and oxygen atoms in total. The molecule has 7 aromatic rings. The Morgan fingerprint density at radius 1 is 0.632 bits per heavy atom. The molecule has 1 fully saturated rings. The topological polar surface area (TPSA) is 118 Å². The molecule has 4 heterocycles. The molecule has 0 bridgehead atoms. The molecular weight excluding hydrogens is 855 g/mol. The van der Waals surface area contributed by atoms with Crippen LogP contribution in [0.15, 0.2) is 164 Å². The molecule has 68 heavy (non-hydrogen) atoms. The molecule has 11 heteroatoms. The molecule has 0 aromatic heterocycles. The van der Waals surface area contributed by atoms with E-state index in [2.05, 4.69) is 32.9 Å². The molecule has 4 aliphatic heterocycles. The number of fused-ring (bicyclic) bond motifs is 6. The summed E-state index contributed by atoms with van der Waals surface area (Å²) in [5.74, 6) is 1.33. The van der Waals surface area contributed by atoms with Gasteiger partial charge in [-0.15, -0.1) is 0 Å². The van der Waals surface area contributed by atoms with Crippen molar-refractivity contribution in [2.24, 2.45) is 11.8 Å². The number of nitrogens with zero attached hydrogens (tertiary/aromatic N) is 3. The van der Waals surface area contributed by atoms with Gasteiger partial charge in [-0.25, -0.2) is 0 Å². The standard InChI is InChI=1S/C57H49N3O8/c1-35-52(56(2,3)37-23-28-40(65-4)29-24-37)51(31-32-61)68-57(35)43-33-39(60-46-16-8-12-20-50(46)67-48-18-10-6-14-42(48)54(60)63)27-30-44(43)58(55(57)64)34-36-21-25-38(26-22-36)59-45-15-7-11-19-49(45)66-47-17-9-5-13-41(47)53(59)62/h5-30,33,35,51-52,61H,31-32,34H2,1-4H3/t35-,51+,52-,57+/m0/s1. The van der Waals surface area contributed by atoms with Crippen molar-refractivity contribution >= 4 is 46.2 Å². The number of rotatable bonds is 9. The van der Waals surface area contributed by atoms with Gasteiger partial charge in [-0.1, -0.05) is 93.6 Å². The summed E-state index contributed by atoms with van der Waals surface area (Å²) < 4.78 is 25.4. The molecule has 1 spiro atoms. The van der Waals surface area contributed by atoms with Crippen LogP contribution in [-0.4, -0.2) is 42.6 Å². The maximum absolute atomic E-state index is 15.8. The van der Waals surface area contributed by atoms with Gasteiger partial charge < -0.3 is 29.0 Å². The van der Waals surface area contributed by atoms with Crippen LogP contribution in [0, 0.1) is 11.8 Å². The number of anilines is 5. The summed E-state index contributed by atoms with van der Waals surface area (Å²) in [5.41, 5.74) is 4.30. The van der Waals surface area contributed by atoms with Crippen LogP contribution >= 0.6 is 0 Å². The summed E-state index contributed by atoms with van der Waals surface area (Å²) in [4.78, 5) is 49.9. The third-order valence-electron chi connectivity index (χ3n) is 14.3. The SMILES string of the molecule is COc1ccc(C(C)(C)[C@@H]2[C@@H](CCO)O[C@]3(C(=O)N(Cc4ccc(N5C(=O)c6ccccc6Oc6ccccc65)cc4)c4ccc(N5C(=O)c6ccccc6Oc6ccccc65)cc43)[C@H]2C)cc1. The smallest absolute Gasteiger partial charge is 0.266 e. The highest BCUT2D eigenvalue weighted by Gasteiger charge is 2.66. The van der Waals surface area contributed by atoms with Crippen molar-refractivity contribution in [3.8, 4) is 28.7 Å². The van der Waals surface area contributed by atoms with Crippen LogP contribution in [-0.2, 0) is 27.1 Å². The Kier molecular flexibility index (Phi) is 10.4. The Morgan fingerprint density at radius 2 is 1.16 bits per heavy atom.